The van der Waals surface area contributed by atoms with Crippen molar-refractivity contribution < 1.29 is 14.7 Å². The zero-order chi connectivity index (χ0) is 20.2. The summed E-state index contributed by atoms with van der Waals surface area (Å²) >= 11 is 0. The molecule has 0 radical (unpaired) electrons. The van der Waals surface area contributed by atoms with Crippen LogP contribution in [-0.2, 0) is 5.41 Å². The number of urea groups is 1. The molecule has 0 saturated carbocycles. The molecule has 2 amide bonds. The molecular weight excluding hydrogens is 356 g/mol. The number of imidazole rings is 1. The normalized spacial score (nSPS) is 18.8. The highest BCUT2D eigenvalue weighted by atomic mass is 16.4. The largest absolute Gasteiger partial charge is 0.476 e. The number of carboxylic acid groups (broad SMARTS) is 1. The molecule has 0 aliphatic carbocycles. The number of carboxylic acids is 1. The van der Waals surface area contributed by atoms with Gasteiger partial charge in [0.25, 0.3) is 0 Å². The number of aromatic nitrogens is 2. The van der Waals surface area contributed by atoms with Crippen LogP contribution in [0.4, 0.5) is 10.5 Å². The van der Waals surface area contributed by atoms with E-state index in [9.17, 15) is 14.7 Å². The molecule has 1 N–H and O–H groups in total. The van der Waals surface area contributed by atoms with Crippen LogP contribution in [0.2, 0.25) is 0 Å². The molecule has 0 spiro atoms. The molecule has 1 unspecified atom stereocenters. The Morgan fingerprint density at radius 2 is 1.71 bits per heavy atom. The van der Waals surface area contributed by atoms with Crippen molar-refractivity contribution in [2.24, 2.45) is 0 Å². The van der Waals surface area contributed by atoms with Gasteiger partial charge in [0.05, 0.1) is 23.1 Å². The van der Waals surface area contributed by atoms with Gasteiger partial charge in [-0.3, -0.25) is 9.47 Å². The lowest BCUT2D eigenvalue weighted by Crippen LogP contribution is -2.46. The Morgan fingerprint density at radius 3 is 2.29 bits per heavy atom. The van der Waals surface area contributed by atoms with Crippen LogP contribution in [0.3, 0.4) is 0 Å². The van der Waals surface area contributed by atoms with Crippen molar-refractivity contribution in [3.05, 3.63) is 41.5 Å². The van der Waals surface area contributed by atoms with Gasteiger partial charge < -0.3 is 10.0 Å². The smallest absolute Gasteiger partial charge is 0.356 e. The Kier molecular flexibility index (Phi) is 4.21. The average Bonchev–Trinajstić information content (AvgIpc) is 3.29. The minimum atomic E-state index is -1.07. The highest BCUT2D eigenvalue weighted by Crippen LogP contribution is 2.43. The summed E-state index contributed by atoms with van der Waals surface area (Å²) in [7, 11) is 0. The summed E-state index contributed by atoms with van der Waals surface area (Å²) in [5.74, 6) is -0.383. The first-order valence-electron chi connectivity index (χ1n) is 9.75. The second kappa shape index (κ2) is 6.36. The van der Waals surface area contributed by atoms with Crippen molar-refractivity contribution in [3.8, 4) is 5.69 Å². The van der Waals surface area contributed by atoms with Crippen LogP contribution in [0.1, 0.15) is 68.6 Å². The number of para-hydroxylation sites is 2. The molecule has 0 bridgehead atoms. The number of aromatic carboxylic acids is 1. The maximum Gasteiger partial charge on any atom is 0.356 e. The van der Waals surface area contributed by atoms with Gasteiger partial charge in [-0.2, -0.15) is 0 Å². The standard InChI is InChI=1S/C21H26N4O3/c1-13-17-16(18(26)27)22-19(21(2,3)4)25(17)15-10-6-5-9-14(15)24(13)20(28)23-11-7-8-12-23/h5-6,9-10,13H,7-8,11-12H2,1-4H3,(H,26,27). The predicted octanol–water partition coefficient (Wildman–Crippen LogP) is 3.96. The van der Waals surface area contributed by atoms with Crippen LogP contribution in [0.25, 0.3) is 5.69 Å². The van der Waals surface area contributed by atoms with Gasteiger partial charge >= 0.3 is 12.0 Å². The van der Waals surface area contributed by atoms with Crippen LogP contribution in [0.15, 0.2) is 24.3 Å². The van der Waals surface area contributed by atoms with E-state index in [2.05, 4.69) is 4.98 Å². The topological polar surface area (TPSA) is 78.7 Å². The van der Waals surface area contributed by atoms with Gasteiger partial charge in [0.15, 0.2) is 5.69 Å². The first-order chi connectivity index (χ1) is 13.2. The van der Waals surface area contributed by atoms with Crippen LogP contribution in [0.5, 0.6) is 0 Å². The van der Waals surface area contributed by atoms with E-state index < -0.39 is 12.0 Å². The number of nitrogens with zero attached hydrogens (tertiary/aromatic N) is 4. The number of hydrogen-bond acceptors (Lipinski definition) is 3. The Hall–Kier alpha value is -2.83. The number of likely N-dealkylation sites (tertiary alicyclic amines) is 1. The minimum absolute atomic E-state index is 0.0196. The van der Waals surface area contributed by atoms with Crippen molar-refractivity contribution in [1.82, 2.24) is 14.5 Å². The molecule has 148 valence electrons. The van der Waals surface area contributed by atoms with Gasteiger partial charge in [0, 0.05) is 18.5 Å². The van der Waals surface area contributed by atoms with Crippen molar-refractivity contribution in [1.29, 1.82) is 0 Å². The van der Waals surface area contributed by atoms with E-state index in [0.29, 0.717) is 11.5 Å². The number of anilines is 1. The van der Waals surface area contributed by atoms with Crippen molar-refractivity contribution in [2.75, 3.05) is 18.0 Å². The zero-order valence-corrected chi connectivity index (χ0v) is 16.8. The Labute approximate surface area is 164 Å². The lowest BCUT2D eigenvalue weighted by molar-refractivity contribution is 0.0688. The molecular formula is C21H26N4O3. The highest BCUT2D eigenvalue weighted by molar-refractivity contribution is 5.97. The monoisotopic (exact) mass is 382 g/mol. The fourth-order valence-corrected chi connectivity index (χ4v) is 4.24. The summed E-state index contributed by atoms with van der Waals surface area (Å²) in [5.41, 5.74) is 1.82. The van der Waals surface area contributed by atoms with Crippen molar-refractivity contribution in [3.63, 3.8) is 0 Å². The van der Waals surface area contributed by atoms with Gasteiger partial charge in [-0.15, -0.1) is 0 Å². The zero-order valence-electron chi connectivity index (χ0n) is 16.8. The number of benzene rings is 1. The summed E-state index contributed by atoms with van der Waals surface area (Å²) in [6.45, 7) is 9.41. The average molecular weight is 382 g/mol. The van der Waals surface area contributed by atoms with E-state index in [0.717, 1.165) is 37.3 Å². The lowest BCUT2D eigenvalue weighted by atomic mass is 9.95. The van der Waals surface area contributed by atoms with Gasteiger partial charge in [-0.1, -0.05) is 32.9 Å². The fourth-order valence-electron chi connectivity index (χ4n) is 4.24. The second-order valence-corrected chi connectivity index (χ2v) is 8.57. The van der Waals surface area contributed by atoms with Crippen molar-refractivity contribution in [2.45, 2.75) is 52.0 Å². The minimum Gasteiger partial charge on any atom is -0.476 e. The second-order valence-electron chi connectivity index (χ2n) is 8.57. The SMILES string of the molecule is CC1c2c(C(=O)O)nc(C(C)(C)C)n2-c2ccccc2N1C(=O)N1CCCC1. The Morgan fingerprint density at radius 1 is 1.11 bits per heavy atom. The number of hydrogen-bond donors (Lipinski definition) is 1. The fraction of sp³-hybridized carbons (Fsp3) is 0.476. The molecule has 7 nitrogen and oxygen atoms in total. The molecule has 28 heavy (non-hydrogen) atoms. The van der Waals surface area contributed by atoms with E-state index >= 15 is 0 Å². The highest BCUT2D eigenvalue weighted by Gasteiger charge is 2.41. The Bertz CT molecular complexity index is 951. The van der Waals surface area contributed by atoms with E-state index in [-0.39, 0.29) is 17.1 Å². The molecule has 1 saturated heterocycles. The first kappa shape index (κ1) is 18.5. The molecule has 7 heteroatoms. The third kappa shape index (κ3) is 2.68. The number of carbonyl (C=O) groups is 2. The number of fused-ring (bicyclic) bond motifs is 3. The molecule has 2 aliphatic rings. The summed E-state index contributed by atoms with van der Waals surface area (Å²) in [5, 5.41) is 9.83. The third-order valence-corrected chi connectivity index (χ3v) is 5.53. The summed E-state index contributed by atoms with van der Waals surface area (Å²) in [6.07, 6.45) is 2.00. The van der Waals surface area contributed by atoms with Crippen LogP contribution in [-0.4, -0.2) is 44.6 Å². The maximum absolute atomic E-state index is 13.3. The lowest BCUT2D eigenvalue weighted by Gasteiger charge is -2.39. The number of carbonyl (C=O) groups excluding carboxylic acids is 1. The molecule has 1 fully saturated rings. The number of amides is 2. The van der Waals surface area contributed by atoms with E-state index in [1.807, 2.05) is 61.4 Å². The van der Waals surface area contributed by atoms with E-state index in [1.165, 1.54) is 0 Å². The molecule has 2 aliphatic heterocycles. The van der Waals surface area contributed by atoms with Crippen molar-refractivity contribution >= 4 is 17.7 Å². The summed E-state index contributed by atoms with van der Waals surface area (Å²) in [4.78, 5) is 33.5. The van der Waals surface area contributed by atoms with Gasteiger partial charge in [0.1, 0.15) is 5.82 Å². The summed E-state index contributed by atoms with van der Waals surface area (Å²) < 4.78 is 1.94. The molecule has 2 aromatic rings. The number of rotatable bonds is 1. The van der Waals surface area contributed by atoms with E-state index in [1.54, 1.807) is 4.90 Å². The van der Waals surface area contributed by atoms with Gasteiger partial charge in [-0.05, 0) is 31.9 Å². The maximum atomic E-state index is 13.3. The molecule has 3 heterocycles. The first-order valence-corrected chi connectivity index (χ1v) is 9.75. The van der Waals surface area contributed by atoms with Crippen LogP contribution in [0, 0.1) is 0 Å². The van der Waals surface area contributed by atoms with Crippen LogP contribution >= 0.6 is 0 Å². The Balaban J connectivity index is 1.97. The summed E-state index contributed by atoms with van der Waals surface area (Å²) in [6, 6.07) is 7.17. The third-order valence-electron chi connectivity index (χ3n) is 5.53. The van der Waals surface area contributed by atoms with Gasteiger partial charge in [0.2, 0.25) is 0 Å². The van der Waals surface area contributed by atoms with E-state index in [4.69, 9.17) is 0 Å². The van der Waals surface area contributed by atoms with Gasteiger partial charge in [-0.25, -0.2) is 14.6 Å². The molecule has 1 atom stereocenters. The molecule has 4 rings (SSSR count). The quantitative estimate of drug-likeness (QED) is 0.810. The molecule has 1 aromatic heterocycles. The predicted molar refractivity (Wildman–Crippen MR) is 106 cm³/mol. The van der Waals surface area contributed by atoms with Crippen LogP contribution < -0.4 is 4.90 Å². The molecule has 1 aromatic carbocycles.